The van der Waals surface area contributed by atoms with Crippen molar-refractivity contribution in [2.75, 3.05) is 40.0 Å². The van der Waals surface area contributed by atoms with E-state index in [-0.39, 0.29) is 11.3 Å². The van der Waals surface area contributed by atoms with Gasteiger partial charge in [-0.2, -0.15) is 0 Å². The molecule has 19 heavy (non-hydrogen) atoms. The number of methoxy groups -OCH3 is 1. The smallest absolute Gasteiger partial charge is 0.228 e. The summed E-state index contributed by atoms with van der Waals surface area (Å²) >= 11 is 0. The predicted molar refractivity (Wildman–Crippen MR) is 73.0 cm³/mol. The lowest BCUT2D eigenvalue weighted by atomic mass is 9.78. The van der Waals surface area contributed by atoms with Crippen LogP contribution in [0.1, 0.15) is 32.1 Å². The molecule has 2 aliphatic heterocycles. The lowest BCUT2D eigenvalue weighted by Crippen LogP contribution is -2.50. The summed E-state index contributed by atoms with van der Waals surface area (Å²) in [7, 11) is 1.67. The molecule has 0 saturated carbocycles. The molecule has 2 rings (SSSR count). The fourth-order valence-corrected chi connectivity index (χ4v) is 3.02. The number of hydrogen-bond acceptors (Lipinski definition) is 4. The zero-order valence-corrected chi connectivity index (χ0v) is 11.9. The molecule has 0 aromatic rings. The molecule has 2 aliphatic rings. The SMILES string of the molecule is COCC1(C(=O)NCCC2CCCO2)CCNCC1. The van der Waals surface area contributed by atoms with Crippen LogP contribution in [0.2, 0.25) is 0 Å². The Labute approximate surface area is 115 Å². The van der Waals surface area contributed by atoms with E-state index in [1.165, 1.54) is 0 Å². The molecule has 5 nitrogen and oxygen atoms in total. The number of rotatable bonds is 6. The van der Waals surface area contributed by atoms with Gasteiger partial charge in [0.1, 0.15) is 0 Å². The number of hydrogen-bond donors (Lipinski definition) is 2. The molecular weight excluding hydrogens is 244 g/mol. The average Bonchev–Trinajstić information content (AvgIpc) is 2.93. The zero-order valence-electron chi connectivity index (χ0n) is 11.9. The quantitative estimate of drug-likeness (QED) is 0.745. The highest BCUT2D eigenvalue weighted by Crippen LogP contribution is 2.29. The summed E-state index contributed by atoms with van der Waals surface area (Å²) in [6.07, 6.45) is 5.25. The molecule has 5 heteroatoms. The minimum Gasteiger partial charge on any atom is -0.384 e. The first-order chi connectivity index (χ1) is 9.27. The van der Waals surface area contributed by atoms with Crippen molar-refractivity contribution in [1.82, 2.24) is 10.6 Å². The van der Waals surface area contributed by atoms with Crippen LogP contribution in [0.25, 0.3) is 0 Å². The number of amides is 1. The first-order valence-corrected chi connectivity index (χ1v) is 7.36. The molecule has 2 heterocycles. The molecule has 0 radical (unpaired) electrons. The Bertz CT molecular complexity index is 279. The van der Waals surface area contributed by atoms with Crippen molar-refractivity contribution in [1.29, 1.82) is 0 Å². The monoisotopic (exact) mass is 270 g/mol. The summed E-state index contributed by atoms with van der Waals surface area (Å²) in [5.41, 5.74) is -0.337. The number of carbonyl (C=O) groups is 1. The number of piperidine rings is 1. The summed E-state index contributed by atoms with van der Waals surface area (Å²) in [4.78, 5) is 12.4. The largest absolute Gasteiger partial charge is 0.384 e. The van der Waals surface area contributed by atoms with Gasteiger partial charge in [0, 0.05) is 20.3 Å². The third-order valence-corrected chi connectivity index (χ3v) is 4.24. The lowest BCUT2D eigenvalue weighted by Gasteiger charge is -2.35. The van der Waals surface area contributed by atoms with Crippen LogP contribution in [0.4, 0.5) is 0 Å². The van der Waals surface area contributed by atoms with E-state index in [0.29, 0.717) is 19.3 Å². The van der Waals surface area contributed by atoms with Gasteiger partial charge in [-0.05, 0) is 45.2 Å². The lowest BCUT2D eigenvalue weighted by molar-refractivity contribution is -0.136. The van der Waals surface area contributed by atoms with Crippen molar-refractivity contribution in [3.05, 3.63) is 0 Å². The van der Waals surface area contributed by atoms with E-state index in [1.54, 1.807) is 7.11 Å². The molecule has 0 aromatic heterocycles. The van der Waals surface area contributed by atoms with E-state index in [9.17, 15) is 4.79 Å². The normalized spacial score (nSPS) is 26.3. The number of nitrogens with one attached hydrogen (secondary N) is 2. The molecule has 1 unspecified atom stereocenters. The maximum atomic E-state index is 12.4. The molecule has 0 aromatic carbocycles. The van der Waals surface area contributed by atoms with Gasteiger partial charge in [-0.25, -0.2) is 0 Å². The van der Waals surface area contributed by atoms with Gasteiger partial charge in [0.25, 0.3) is 0 Å². The summed E-state index contributed by atoms with van der Waals surface area (Å²) < 4.78 is 10.8. The van der Waals surface area contributed by atoms with Crippen LogP contribution in [0.5, 0.6) is 0 Å². The second kappa shape index (κ2) is 7.22. The van der Waals surface area contributed by atoms with Crippen molar-refractivity contribution in [2.24, 2.45) is 5.41 Å². The molecule has 1 atom stereocenters. The molecule has 2 fully saturated rings. The molecule has 2 N–H and O–H groups in total. The van der Waals surface area contributed by atoms with E-state index in [1.807, 2.05) is 0 Å². The van der Waals surface area contributed by atoms with Crippen LogP contribution in [0.15, 0.2) is 0 Å². The van der Waals surface area contributed by atoms with Crippen LogP contribution in [-0.2, 0) is 14.3 Å². The van der Waals surface area contributed by atoms with Crippen molar-refractivity contribution >= 4 is 5.91 Å². The van der Waals surface area contributed by atoms with Crippen LogP contribution in [-0.4, -0.2) is 52.0 Å². The van der Waals surface area contributed by atoms with Crippen LogP contribution in [0.3, 0.4) is 0 Å². The number of carbonyl (C=O) groups excluding carboxylic acids is 1. The molecule has 0 aliphatic carbocycles. The Balaban J connectivity index is 1.78. The average molecular weight is 270 g/mol. The Hall–Kier alpha value is -0.650. The molecule has 2 saturated heterocycles. The van der Waals surface area contributed by atoms with Crippen molar-refractivity contribution in [2.45, 2.75) is 38.2 Å². The van der Waals surface area contributed by atoms with Crippen LogP contribution < -0.4 is 10.6 Å². The Morgan fingerprint density at radius 3 is 2.89 bits per heavy atom. The topological polar surface area (TPSA) is 59.6 Å². The van der Waals surface area contributed by atoms with E-state index in [2.05, 4.69) is 10.6 Å². The fraction of sp³-hybridized carbons (Fsp3) is 0.929. The van der Waals surface area contributed by atoms with Gasteiger partial charge in [0.2, 0.25) is 5.91 Å². The highest BCUT2D eigenvalue weighted by atomic mass is 16.5. The third kappa shape index (κ3) is 3.91. The summed E-state index contributed by atoms with van der Waals surface area (Å²) in [5.74, 6) is 0.147. The molecule has 0 bridgehead atoms. The number of ether oxygens (including phenoxy) is 2. The van der Waals surface area contributed by atoms with Gasteiger partial charge >= 0.3 is 0 Å². The standard InChI is InChI=1S/C14H26N2O3/c1-18-11-14(5-8-15-9-6-14)13(17)16-7-4-12-3-2-10-19-12/h12,15H,2-11H2,1H3,(H,16,17). The van der Waals surface area contributed by atoms with Crippen molar-refractivity contribution in [3.63, 3.8) is 0 Å². The van der Waals surface area contributed by atoms with Gasteiger partial charge in [0.15, 0.2) is 0 Å². The fourth-order valence-electron chi connectivity index (χ4n) is 3.02. The van der Waals surface area contributed by atoms with Gasteiger partial charge in [0.05, 0.1) is 18.1 Å². The highest BCUT2D eigenvalue weighted by Gasteiger charge is 2.39. The first-order valence-electron chi connectivity index (χ1n) is 7.36. The Morgan fingerprint density at radius 2 is 2.26 bits per heavy atom. The summed E-state index contributed by atoms with van der Waals surface area (Å²) in [5, 5.41) is 6.38. The second-order valence-corrected chi connectivity index (χ2v) is 5.64. The molecule has 0 spiro atoms. The zero-order chi connectivity index (χ0) is 13.6. The van der Waals surface area contributed by atoms with E-state index < -0.39 is 0 Å². The summed E-state index contributed by atoms with van der Waals surface area (Å²) in [6, 6.07) is 0. The Morgan fingerprint density at radius 1 is 1.47 bits per heavy atom. The van der Waals surface area contributed by atoms with Gasteiger partial charge in [-0.15, -0.1) is 0 Å². The van der Waals surface area contributed by atoms with E-state index in [0.717, 1.165) is 51.8 Å². The van der Waals surface area contributed by atoms with E-state index in [4.69, 9.17) is 9.47 Å². The highest BCUT2D eigenvalue weighted by molar-refractivity contribution is 5.83. The van der Waals surface area contributed by atoms with Crippen LogP contribution >= 0.6 is 0 Å². The van der Waals surface area contributed by atoms with Crippen molar-refractivity contribution in [3.8, 4) is 0 Å². The maximum Gasteiger partial charge on any atom is 0.228 e. The molecule has 110 valence electrons. The van der Waals surface area contributed by atoms with Gasteiger partial charge in [-0.1, -0.05) is 0 Å². The second-order valence-electron chi connectivity index (χ2n) is 5.64. The minimum absolute atomic E-state index is 0.147. The van der Waals surface area contributed by atoms with Crippen LogP contribution in [0, 0.1) is 5.41 Å². The predicted octanol–water partition coefficient (Wildman–Crippen LogP) is 0.688. The third-order valence-electron chi connectivity index (χ3n) is 4.24. The molecular formula is C14H26N2O3. The Kier molecular flexibility index (Phi) is 5.60. The van der Waals surface area contributed by atoms with E-state index >= 15 is 0 Å². The van der Waals surface area contributed by atoms with Gasteiger partial charge < -0.3 is 20.1 Å². The minimum atomic E-state index is -0.337. The van der Waals surface area contributed by atoms with Crippen molar-refractivity contribution < 1.29 is 14.3 Å². The summed E-state index contributed by atoms with van der Waals surface area (Å²) in [6.45, 7) is 3.88. The maximum absolute atomic E-state index is 12.4. The van der Waals surface area contributed by atoms with Gasteiger partial charge in [-0.3, -0.25) is 4.79 Å². The molecule has 1 amide bonds. The first kappa shape index (κ1) is 14.8.